The van der Waals surface area contributed by atoms with Crippen LogP contribution >= 0.6 is 22.7 Å². The smallest absolute Gasteiger partial charge is 0.239 e. The van der Waals surface area contributed by atoms with E-state index < -0.39 is 0 Å². The van der Waals surface area contributed by atoms with Gasteiger partial charge in [0.25, 0.3) is 0 Å². The van der Waals surface area contributed by atoms with E-state index in [9.17, 15) is 9.59 Å². The van der Waals surface area contributed by atoms with Gasteiger partial charge in [-0.3, -0.25) is 9.59 Å². The normalized spacial score (nSPS) is 10.6. The van der Waals surface area contributed by atoms with Crippen LogP contribution in [-0.2, 0) is 20.7 Å². The predicted molar refractivity (Wildman–Crippen MR) is 96.3 cm³/mol. The molecular weight excluding hydrogens is 346 g/mol. The molecule has 0 atom stereocenters. The van der Waals surface area contributed by atoms with Crippen molar-refractivity contribution in [3.05, 3.63) is 27.9 Å². The van der Waals surface area contributed by atoms with Crippen molar-refractivity contribution < 1.29 is 14.3 Å². The van der Waals surface area contributed by atoms with Gasteiger partial charge in [0.1, 0.15) is 5.01 Å². The van der Waals surface area contributed by atoms with Crippen molar-refractivity contribution in [3.8, 4) is 10.6 Å². The van der Waals surface area contributed by atoms with Gasteiger partial charge < -0.3 is 15.0 Å². The van der Waals surface area contributed by atoms with Crippen LogP contribution < -0.4 is 5.32 Å². The molecule has 0 radical (unpaired) electrons. The van der Waals surface area contributed by atoms with Gasteiger partial charge in [0.15, 0.2) is 0 Å². The Bertz CT molecular complexity index is 655. The average molecular weight is 367 g/mol. The number of hydrogen-bond acceptors (Lipinski definition) is 6. The van der Waals surface area contributed by atoms with Crippen molar-refractivity contribution in [3.63, 3.8) is 0 Å². The molecular formula is C16H21N3O3S2. The molecule has 1 N–H and O–H groups in total. The summed E-state index contributed by atoms with van der Waals surface area (Å²) >= 11 is 3.14. The highest BCUT2D eigenvalue weighted by Crippen LogP contribution is 2.25. The number of nitrogens with zero attached hydrogens (tertiary/aromatic N) is 2. The molecule has 0 saturated heterocycles. The number of likely N-dealkylation sites (N-methyl/N-ethyl adjacent to an activating group) is 1. The molecule has 0 saturated carbocycles. The summed E-state index contributed by atoms with van der Waals surface area (Å²) in [6.07, 6.45) is 0.957. The van der Waals surface area contributed by atoms with E-state index in [1.54, 1.807) is 25.5 Å². The molecule has 2 aromatic rings. The monoisotopic (exact) mass is 367 g/mol. The van der Waals surface area contributed by atoms with Crippen molar-refractivity contribution in [2.45, 2.75) is 12.8 Å². The number of thiazole rings is 1. The summed E-state index contributed by atoms with van der Waals surface area (Å²) in [7, 11) is 3.25. The van der Waals surface area contributed by atoms with Crippen LogP contribution in [0.4, 0.5) is 0 Å². The number of rotatable bonds is 9. The van der Waals surface area contributed by atoms with Gasteiger partial charge in [0, 0.05) is 43.6 Å². The van der Waals surface area contributed by atoms with E-state index in [-0.39, 0.29) is 24.8 Å². The van der Waals surface area contributed by atoms with Gasteiger partial charge in [-0.15, -0.1) is 11.3 Å². The lowest BCUT2D eigenvalue weighted by Gasteiger charge is -2.16. The summed E-state index contributed by atoms with van der Waals surface area (Å²) in [5.41, 5.74) is 1.81. The summed E-state index contributed by atoms with van der Waals surface area (Å²) in [6, 6.07) is 2.01. The topological polar surface area (TPSA) is 71.5 Å². The molecule has 6 nitrogen and oxygen atoms in total. The fourth-order valence-corrected chi connectivity index (χ4v) is 3.53. The number of thiophene rings is 1. The second kappa shape index (κ2) is 9.51. The molecule has 0 aliphatic carbocycles. The number of amides is 2. The Morgan fingerprint density at radius 3 is 2.92 bits per heavy atom. The highest BCUT2D eigenvalue weighted by Gasteiger charge is 2.15. The third-order valence-corrected chi connectivity index (χ3v) is 4.93. The molecule has 2 heterocycles. The summed E-state index contributed by atoms with van der Waals surface area (Å²) in [5.74, 6) is -0.289. The molecule has 0 aliphatic rings. The van der Waals surface area contributed by atoms with E-state index in [4.69, 9.17) is 4.74 Å². The third kappa shape index (κ3) is 5.70. The van der Waals surface area contributed by atoms with Crippen molar-refractivity contribution in [1.29, 1.82) is 0 Å². The standard InChI is InChI=1S/C16H21N3O3S2/c1-19(9-14(20)17-5-3-6-22-2)15(21)8-13-11-24-16(18-13)12-4-7-23-10-12/h4,7,10-11H,3,5-6,8-9H2,1-2H3,(H,17,20). The molecule has 2 amide bonds. The minimum absolute atomic E-state index is 0.0489. The van der Waals surface area contributed by atoms with E-state index in [0.29, 0.717) is 13.2 Å². The molecule has 8 heteroatoms. The first kappa shape index (κ1) is 18.6. The van der Waals surface area contributed by atoms with Gasteiger partial charge in [-0.05, 0) is 17.9 Å². The van der Waals surface area contributed by atoms with Crippen LogP contribution in [0.25, 0.3) is 10.6 Å². The van der Waals surface area contributed by atoms with E-state index in [2.05, 4.69) is 10.3 Å². The predicted octanol–water partition coefficient (Wildman–Crippen LogP) is 2.03. The fourth-order valence-electron chi connectivity index (χ4n) is 2.00. The SMILES string of the molecule is COCCCNC(=O)CN(C)C(=O)Cc1csc(-c2ccsc2)n1. The molecule has 2 rings (SSSR count). The molecule has 130 valence electrons. The second-order valence-electron chi connectivity index (χ2n) is 5.28. The minimum atomic E-state index is -0.167. The van der Waals surface area contributed by atoms with E-state index in [1.165, 1.54) is 16.2 Å². The zero-order chi connectivity index (χ0) is 17.4. The quantitative estimate of drug-likeness (QED) is 0.689. The fraction of sp³-hybridized carbons (Fsp3) is 0.438. The molecule has 0 spiro atoms. The van der Waals surface area contributed by atoms with Gasteiger partial charge in [-0.2, -0.15) is 11.3 Å². The third-order valence-electron chi connectivity index (χ3n) is 3.31. The summed E-state index contributed by atoms with van der Waals surface area (Å²) in [5, 5.41) is 9.60. The molecule has 0 aromatic carbocycles. The number of nitrogens with one attached hydrogen (secondary N) is 1. The number of hydrogen-bond donors (Lipinski definition) is 1. The molecule has 0 aliphatic heterocycles. The zero-order valence-electron chi connectivity index (χ0n) is 13.8. The Labute approximate surface area is 149 Å². The molecule has 0 unspecified atom stereocenters. The minimum Gasteiger partial charge on any atom is -0.385 e. The van der Waals surface area contributed by atoms with Crippen molar-refractivity contribution >= 4 is 34.5 Å². The van der Waals surface area contributed by atoms with Crippen LogP contribution in [0.2, 0.25) is 0 Å². The maximum absolute atomic E-state index is 12.2. The highest BCUT2D eigenvalue weighted by molar-refractivity contribution is 7.14. The largest absolute Gasteiger partial charge is 0.385 e. The van der Waals surface area contributed by atoms with Crippen molar-refractivity contribution in [2.24, 2.45) is 0 Å². The Kier molecular flexibility index (Phi) is 7.36. The Balaban J connectivity index is 1.78. The van der Waals surface area contributed by atoms with Gasteiger partial charge in [0.2, 0.25) is 11.8 Å². The Morgan fingerprint density at radius 1 is 1.38 bits per heavy atom. The lowest BCUT2D eigenvalue weighted by Crippen LogP contribution is -2.39. The van der Waals surface area contributed by atoms with E-state index in [1.807, 2.05) is 22.2 Å². The maximum atomic E-state index is 12.2. The van der Waals surface area contributed by atoms with Crippen LogP contribution in [0.5, 0.6) is 0 Å². The van der Waals surface area contributed by atoms with Crippen molar-refractivity contribution in [1.82, 2.24) is 15.2 Å². The summed E-state index contributed by atoms with van der Waals surface area (Å²) in [6.45, 7) is 1.20. The number of carbonyl (C=O) groups is 2. The molecule has 2 aromatic heterocycles. The Hall–Kier alpha value is -1.77. The van der Waals surface area contributed by atoms with Gasteiger partial charge >= 0.3 is 0 Å². The van der Waals surface area contributed by atoms with Crippen LogP contribution in [-0.4, -0.2) is 55.6 Å². The van der Waals surface area contributed by atoms with Crippen LogP contribution in [0.15, 0.2) is 22.2 Å². The van der Waals surface area contributed by atoms with Gasteiger partial charge in [-0.1, -0.05) is 0 Å². The van der Waals surface area contributed by atoms with Gasteiger partial charge in [-0.25, -0.2) is 4.98 Å². The van der Waals surface area contributed by atoms with Crippen LogP contribution in [0.3, 0.4) is 0 Å². The first-order chi connectivity index (χ1) is 11.6. The summed E-state index contributed by atoms with van der Waals surface area (Å²) in [4.78, 5) is 29.9. The molecule has 0 bridgehead atoms. The average Bonchev–Trinajstić information content (AvgIpc) is 3.22. The lowest BCUT2D eigenvalue weighted by molar-refractivity contribution is -0.134. The van der Waals surface area contributed by atoms with E-state index >= 15 is 0 Å². The highest BCUT2D eigenvalue weighted by atomic mass is 32.1. The first-order valence-corrected chi connectivity index (χ1v) is 9.39. The number of methoxy groups -OCH3 is 1. The number of aromatic nitrogens is 1. The zero-order valence-corrected chi connectivity index (χ0v) is 15.4. The first-order valence-electron chi connectivity index (χ1n) is 7.56. The van der Waals surface area contributed by atoms with Crippen molar-refractivity contribution in [2.75, 3.05) is 33.9 Å². The summed E-state index contributed by atoms with van der Waals surface area (Å²) < 4.78 is 4.92. The van der Waals surface area contributed by atoms with Crippen LogP contribution in [0, 0.1) is 0 Å². The van der Waals surface area contributed by atoms with Crippen LogP contribution in [0.1, 0.15) is 12.1 Å². The Morgan fingerprint density at radius 2 is 2.21 bits per heavy atom. The molecule has 24 heavy (non-hydrogen) atoms. The lowest BCUT2D eigenvalue weighted by atomic mass is 10.3. The molecule has 0 fully saturated rings. The maximum Gasteiger partial charge on any atom is 0.239 e. The second-order valence-corrected chi connectivity index (χ2v) is 6.92. The van der Waals surface area contributed by atoms with Gasteiger partial charge in [0.05, 0.1) is 18.7 Å². The number of carbonyl (C=O) groups excluding carboxylic acids is 2. The van der Waals surface area contributed by atoms with E-state index in [0.717, 1.165) is 22.7 Å². The number of ether oxygens (including phenoxy) is 1.